The van der Waals surface area contributed by atoms with Crippen LogP contribution in [0.25, 0.3) is 0 Å². The fourth-order valence-electron chi connectivity index (χ4n) is 2.11. The van der Waals surface area contributed by atoms with Crippen molar-refractivity contribution < 1.29 is 9.49 Å². The number of rotatable bonds is 4. The van der Waals surface area contributed by atoms with Crippen molar-refractivity contribution in [1.29, 1.82) is 0 Å². The molecule has 0 saturated carbocycles. The molecule has 1 aromatic heterocycles. The number of nitrogens with one attached hydrogen (secondary N) is 1. The van der Waals surface area contributed by atoms with Gasteiger partial charge in [0.1, 0.15) is 0 Å². The molecule has 0 amide bonds. The van der Waals surface area contributed by atoms with E-state index < -0.39 is 17.2 Å². The minimum atomic E-state index is -3.34. The lowest BCUT2D eigenvalue weighted by molar-refractivity contribution is -0.385. The fourth-order valence-corrected chi connectivity index (χ4v) is 6.28. The molecule has 0 saturated heterocycles. The summed E-state index contributed by atoms with van der Waals surface area (Å²) < 4.78 is 13.3. The van der Waals surface area contributed by atoms with Gasteiger partial charge in [-0.15, -0.1) is 0 Å². The van der Waals surface area contributed by atoms with Gasteiger partial charge in [0.15, 0.2) is 11.0 Å². The van der Waals surface area contributed by atoms with Crippen LogP contribution in [-0.2, 0) is 4.57 Å². The number of anilines is 1. The molecular weight excluding hydrogens is 339 g/mol. The van der Waals surface area contributed by atoms with Gasteiger partial charge in [-0.3, -0.25) is 19.8 Å². The van der Waals surface area contributed by atoms with Gasteiger partial charge >= 0.3 is 0 Å². The summed E-state index contributed by atoms with van der Waals surface area (Å²) in [5.74, 6) is -0.824. The van der Waals surface area contributed by atoms with Crippen molar-refractivity contribution in [2.45, 2.75) is 5.78 Å². The molecule has 3 rings (SSSR count). The summed E-state index contributed by atoms with van der Waals surface area (Å²) in [6.07, 6.45) is 2.98. The van der Waals surface area contributed by atoms with Crippen molar-refractivity contribution in [3.63, 3.8) is 0 Å². The van der Waals surface area contributed by atoms with Gasteiger partial charge in [0.05, 0.1) is 10.5 Å². The lowest BCUT2D eigenvalue weighted by atomic mass is 10.2. The van der Waals surface area contributed by atoms with E-state index in [4.69, 9.17) is 5.73 Å². The van der Waals surface area contributed by atoms with Crippen molar-refractivity contribution in [1.82, 2.24) is 9.97 Å². The molecule has 2 atom stereocenters. The molecule has 2 heterocycles. The van der Waals surface area contributed by atoms with E-state index in [1.807, 2.05) is 0 Å². The quantitative estimate of drug-likeness (QED) is 0.488. The number of aromatic nitrogens is 2. The largest absolute Gasteiger partial charge is 0.378 e. The highest BCUT2D eigenvalue weighted by atomic mass is 32.7. The average Bonchev–Trinajstić information content (AvgIpc) is 2.82. The summed E-state index contributed by atoms with van der Waals surface area (Å²) in [5, 5.41) is 14.1. The third-order valence-electron chi connectivity index (χ3n) is 3.03. The molecule has 2 unspecified atom stereocenters. The first-order valence-electron chi connectivity index (χ1n) is 6.41. The second-order valence-corrected chi connectivity index (χ2v) is 9.21. The molecule has 118 valence electrons. The van der Waals surface area contributed by atoms with Gasteiger partial charge in [0.25, 0.3) is 12.2 Å². The van der Waals surface area contributed by atoms with Crippen molar-refractivity contribution in [3.05, 3.63) is 58.4 Å². The summed E-state index contributed by atoms with van der Waals surface area (Å²) in [6, 6.07) is 7.64. The van der Waals surface area contributed by atoms with Crippen LogP contribution in [0, 0.1) is 10.1 Å². The van der Waals surface area contributed by atoms with E-state index in [2.05, 4.69) is 20.0 Å². The number of aliphatic imine (C=N–C) groups is 1. The molecule has 0 aliphatic carbocycles. The molecule has 3 N–H and O–H groups in total. The molecule has 2 aromatic rings. The number of hydrogen-bond donors (Lipinski definition) is 2. The molecule has 1 aromatic carbocycles. The standard InChI is InChI=1S/C12H11N6O3PS/c13-11-16-10(8-4-1-2-5-9(8)18(19)20)22(21,23-11)17-12-14-6-3-7-15-12/h1-7,10H,(H2,13,16)(H,14,15,17,21). The molecule has 23 heavy (non-hydrogen) atoms. The number of nitrogens with zero attached hydrogens (tertiary/aromatic N) is 4. The zero-order valence-corrected chi connectivity index (χ0v) is 13.3. The zero-order chi connectivity index (χ0) is 16.4. The van der Waals surface area contributed by atoms with Gasteiger partial charge in [0, 0.05) is 29.8 Å². The van der Waals surface area contributed by atoms with Gasteiger partial charge in [-0.05, 0) is 12.1 Å². The van der Waals surface area contributed by atoms with E-state index in [1.54, 1.807) is 12.1 Å². The molecule has 0 radical (unpaired) electrons. The first-order valence-corrected chi connectivity index (χ1v) is 9.60. The van der Waals surface area contributed by atoms with E-state index >= 15 is 0 Å². The van der Waals surface area contributed by atoms with Crippen LogP contribution in [0.1, 0.15) is 11.3 Å². The zero-order valence-electron chi connectivity index (χ0n) is 11.6. The minimum absolute atomic E-state index is 0.0971. The van der Waals surface area contributed by atoms with E-state index in [9.17, 15) is 14.7 Å². The Bertz CT molecular complexity index is 831. The summed E-state index contributed by atoms with van der Waals surface area (Å²) >= 11 is 0.856. The van der Waals surface area contributed by atoms with Gasteiger partial charge in [-0.1, -0.05) is 12.1 Å². The van der Waals surface area contributed by atoms with Gasteiger partial charge in [0.2, 0.25) is 5.95 Å². The van der Waals surface area contributed by atoms with Crippen molar-refractivity contribution in [3.8, 4) is 0 Å². The number of benzene rings is 1. The first-order chi connectivity index (χ1) is 11.0. The summed E-state index contributed by atoms with van der Waals surface area (Å²) in [7, 11) is 0. The summed E-state index contributed by atoms with van der Waals surface area (Å²) in [4.78, 5) is 22.7. The van der Waals surface area contributed by atoms with E-state index in [-0.39, 0.29) is 22.4 Å². The Kier molecular flexibility index (Phi) is 4.01. The Hall–Kier alpha value is -2.45. The monoisotopic (exact) mass is 350 g/mol. The number of nitro benzene ring substituents is 1. The number of hydrogen-bond acceptors (Lipinski definition) is 8. The molecule has 1 aliphatic rings. The summed E-state index contributed by atoms with van der Waals surface area (Å²) in [6.45, 7) is -3.34. The Balaban J connectivity index is 2.03. The topological polar surface area (TPSA) is 136 Å². The lowest BCUT2D eigenvalue weighted by Gasteiger charge is -2.18. The van der Waals surface area contributed by atoms with Gasteiger partial charge < -0.3 is 5.73 Å². The Labute approximate surface area is 134 Å². The van der Waals surface area contributed by atoms with Crippen LogP contribution in [0.2, 0.25) is 0 Å². The normalized spacial score (nSPS) is 23.3. The minimum Gasteiger partial charge on any atom is -0.378 e. The lowest BCUT2D eigenvalue weighted by Crippen LogP contribution is -2.05. The molecule has 1 aliphatic heterocycles. The average molecular weight is 350 g/mol. The van der Waals surface area contributed by atoms with Crippen LogP contribution in [-0.4, -0.2) is 20.1 Å². The second kappa shape index (κ2) is 5.98. The third kappa shape index (κ3) is 3.03. The molecule has 0 spiro atoms. The molecule has 11 heteroatoms. The SMILES string of the molecule is NC1=NC(c2ccccc2[N+](=O)[O-])P(=O)(Nc2ncccn2)S1. The van der Waals surface area contributed by atoms with Crippen LogP contribution in [0.5, 0.6) is 0 Å². The Morgan fingerprint density at radius 3 is 2.65 bits per heavy atom. The molecule has 0 fully saturated rings. The summed E-state index contributed by atoms with van der Waals surface area (Å²) in [5.41, 5.74) is 5.78. The smallest absolute Gasteiger partial charge is 0.275 e. The Morgan fingerprint density at radius 2 is 1.96 bits per heavy atom. The predicted molar refractivity (Wildman–Crippen MR) is 88.3 cm³/mol. The number of nitrogens with two attached hydrogens (primary N) is 1. The van der Waals surface area contributed by atoms with Crippen molar-refractivity contribution >= 4 is 34.7 Å². The van der Waals surface area contributed by atoms with Crippen molar-refractivity contribution in [2.24, 2.45) is 10.7 Å². The first kappa shape index (κ1) is 15.4. The maximum atomic E-state index is 13.3. The fraction of sp³-hybridized carbons (Fsp3) is 0.0833. The van der Waals surface area contributed by atoms with E-state index in [0.717, 1.165) is 11.4 Å². The predicted octanol–water partition coefficient (Wildman–Crippen LogP) is 2.75. The highest BCUT2D eigenvalue weighted by molar-refractivity contribution is 8.66. The van der Waals surface area contributed by atoms with Crippen LogP contribution in [0.3, 0.4) is 0 Å². The second-order valence-electron chi connectivity index (χ2n) is 4.53. The third-order valence-corrected chi connectivity index (χ3v) is 7.39. The number of para-hydroxylation sites is 1. The maximum absolute atomic E-state index is 13.3. The highest BCUT2D eigenvalue weighted by Gasteiger charge is 2.45. The van der Waals surface area contributed by atoms with Crippen molar-refractivity contribution in [2.75, 3.05) is 5.09 Å². The van der Waals surface area contributed by atoms with Crippen LogP contribution >= 0.6 is 17.9 Å². The van der Waals surface area contributed by atoms with Gasteiger partial charge in [-0.25, -0.2) is 15.0 Å². The number of amidine groups is 1. The number of nitro groups is 1. The Morgan fingerprint density at radius 1 is 1.26 bits per heavy atom. The van der Waals surface area contributed by atoms with E-state index in [0.29, 0.717) is 0 Å². The molecular formula is C12H11N6O3PS. The van der Waals surface area contributed by atoms with E-state index in [1.165, 1.54) is 30.6 Å². The highest BCUT2D eigenvalue weighted by Crippen LogP contribution is 2.72. The molecule has 9 nitrogen and oxygen atoms in total. The van der Waals surface area contributed by atoms with Crippen LogP contribution in [0.4, 0.5) is 11.6 Å². The molecule has 0 bridgehead atoms. The van der Waals surface area contributed by atoms with Gasteiger partial charge in [-0.2, -0.15) is 0 Å². The van der Waals surface area contributed by atoms with Crippen LogP contribution < -0.4 is 10.8 Å². The van der Waals surface area contributed by atoms with Crippen LogP contribution in [0.15, 0.2) is 47.7 Å². The maximum Gasteiger partial charge on any atom is 0.275 e.